The third-order valence-electron chi connectivity index (χ3n) is 5.26. The fourth-order valence-corrected chi connectivity index (χ4v) is 3.54. The molecule has 1 atom stereocenters. The molecule has 8 heteroatoms. The predicted molar refractivity (Wildman–Crippen MR) is 127 cm³/mol. The van der Waals surface area contributed by atoms with Crippen molar-refractivity contribution >= 4 is 28.9 Å². The number of alkyl carbamates (subject to hydrolysis) is 1. The van der Waals surface area contributed by atoms with Gasteiger partial charge in [0.1, 0.15) is 18.3 Å². The van der Waals surface area contributed by atoms with Crippen molar-refractivity contribution in [1.29, 1.82) is 0 Å². The fourth-order valence-electron chi connectivity index (χ4n) is 3.54. The van der Waals surface area contributed by atoms with Gasteiger partial charge in [-0.15, -0.1) is 0 Å². The highest BCUT2D eigenvalue weighted by molar-refractivity contribution is 6.03. The lowest BCUT2D eigenvalue weighted by Crippen LogP contribution is -2.48. The van der Waals surface area contributed by atoms with Crippen LogP contribution in [0.5, 0.6) is 0 Å². The van der Waals surface area contributed by atoms with E-state index in [0.29, 0.717) is 0 Å². The molecule has 4 aromatic rings. The Labute approximate surface area is 195 Å². The first-order valence-electron chi connectivity index (χ1n) is 10.7. The molecular weight excluding hydrogens is 434 g/mol. The summed E-state index contributed by atoms with van der Waals surface area (Å²) in [6.07, 6.45) is -0.886. The number of nitrogens with one attached hydrogen (secondary N) is 3. The number of benzene rings is 3. The van der Waals surface area contributed by atoms with Crippen molar-refractivity contribution in [1.82, 2.24) is 15.6 Å². The second-order valence-electron chi connectivity index (χ2n) is 7.62. The summed E-state index contributed by atoms with van der Waals surface area (Å²) >= 11 is 0. The summed E-state index contributed by atoms with van der Waals surface area (Å²) in [6.45, 7) is -0.306. The minimum atomic E-state index is -1.35. The number of rotatable bonds is 8. The van der Waals surface area contributed by atoms with E-state index in [1.54, 1.807) is 30.3 Å². The van der Waals surface area contributed by atoms with Crippen LogP contribution in [0.3, 0.4) is 0 Å². The number of amides is 2. The van der Waals surface area contributed by atoms with E-state index in [-0.39, 0.29) is 18.8 Å². The molecule has 0 aliphatic carbocycles. The number of carbonyl (C=O) groups excluding carboxylic acids is 2. The molecule has 1 heterocycles. The molecule has 2 amide bonds. The Kier molecular flexibility index (Phi) is 6.88. The molecular formula is C26H23N3O5. The number of carbonyl (C=O) groups is 3. The summed E-state index contributed by atoms with van der Waals surface area (Å²) in [7, 11) is 0. The molecule has 4 N–H and O–H groups in total. The van der Waals surface area contributed by atoms with E-state index in [9.17, 15) is 19.5 Å². The van der Waals surface area contributed by atoms with Crippen LogP contribution in [0.15, 0.2) is 84.9 Å². The first-order valence-corrected chi connectivity index (χ1v) is 10.7. The highest BCUT2D eigenvalue weighted by atomic mass is 16.5. The van der Waals surface area contributed by atoms with Gasteiger partial charge in [0, 0.05) is 17.4 Å². The molecule has 0 radical (unpaired) electrons. The third-order valence-corrected chi connectivity index (χ3v) is 5.26. The Balaban J connectivity index is 1.39. The second-order valence-corrected chi connectivity index (χ2v) is 7.62. The number of ether oxygens (including phenoxy) is 1. The smallest absolute Gasteiger partial charge is 0.408 e. The molecule has 0 bridgehead atoms. The Bertz CT molecular complexity index is 1300. The summed E-state index contributed by atoms with van der Waals surface area (Å²) in [6, 6.07) is 24.9. The predicted octanol–water partition coefficient (Wildman–Crippen LogP) is 3.94. The SMILES string of the molecule is O=C(NC(CNC(=O)c1cc2c(-c3ccccc3)cccc2[nH]1)C(=O)O)OCc1ccccc1. The number of hydrogen-bond donors (Lipinski definition) is 4. The summed E-state index contributed by atoms with van der Waals surface area (Å²) in [5.74, 6) is -1.78. The largest absolute Gasteiger partial charge is 0.480 e. The van der Waals surface area contributed by atoms with Crippen LogP contribution >= 0.6 is 0 Å². The minimum Gasteiger partial charge on any atom is -0.480 e. The molecule has 34 heavy (non-hydrogen) atoms. The van der Waals surface area contributed by atoms with Gasteiger partial charge in [0.25, 0.3) is 5.91 Å². The Morgan fingerprint density at radius 2 is 1.62 bits per heavy atom. The van der Waals surface area contributed by atoms with Crippen LogP contribution in [0.4, 0.5) is 4.79 Å². The second kappa shape index (κ2) is 10.4. The lowest BCUT2D eigenvalue weighted by molar-refractivity contribution is -0.139. The Morgan fingerprint density at radius 3 is 2.32 bits per heavy atom. The molecule has 0 saturated carbocycles. The highest BCUT2D eigenvalue weighted by Crippen LogP contribution is 2.29. The van der Waals surface area contributed by atoms with E-state index in [4.69, 9.17) is 4.74 Å². The summed E-state index contributed by atoms with van der Waals surface area (Å²) in [5.41, 5.74) is 3.83. The first-order chi connectivity index (χ1) is 16.5. The number of hydrogen-bond acceptors (Lipinski definition) is 4. The zero-order valence-corrected chi connectivity index (χ0v) is 18.2. The maximum Gasteiger partial charge on any atom is 0.408 e. The molecule has 3 aromatic carbocycles. The van der Waals surface area contributed by atoms with E-state index in [0.717, 1.165) is 27.6 Å². The van der Waals surface area contributed by atoms with E-state index in [1.807, 2.05) is 54.6 Å². The lowest BCUT2D eigenvalue weighted by Gasteiger charge is -2.15. The van der Waals surface area contributed by atoms with E-state index >= 15 is 0 Å². The number of H-pyrrole nitrogens is 1. The highest BCUT2D eigenvalue weighted by Gasteiger charge is 2.22. The molecule has 0 fully saturated rings. The molecule has 0 saturated heterocycles. The topological polar surface area (TPSA) is 121 Å². The zero-order chi connectivity index (χ0) is 23.9. The van der Waals surface area contributed by atoms with Crippen molar-refractivity contribution in [2.45, 2.75) is 12.6 Å². The van der Waals surface area contributed by atoms with Gasteiger partial charge in [0.05, 0.1) is 0 Å². The molecule has 1 unspecified atom stereocenters. The summed E-state index contributed by atoms with van der Waals surface area (Å²) < 4.78 is 5.06. The van der Waals surface area contributed by atoms with Crippen molar-refractivity contribution in [3.05, 3.63) is 96.2 Å². The van der Waals surface area contributed by atoms with Gasteiger partial charge < -0.3 is 25.5 Å². The first kappa shape index (κ1) is 22.6. The van der Waals surface area contributed by atoms with Gasteiger partial charge in [-0.3, -0.25) is 4.79 Å². The quantitative estimate of drug-likeness (QED) is 0.319. The van der Waals surface area contributed by atoms with Crippen LogP contribution in [0, 0.1) is 0 Å². The average Bonchev–Trinajstić information content (AvgIpc) is 3.31. The number of aromatic amines is 1. The number of carboxylic acid groups (broad SMARTS) is 1. The zero-order valence-electron chi connectivity index (χ0n) is 18.2. The van der Waals surface area contributed by atoms with Gasteiger partial charge in [0.15, 0.2) is 0 Å². The number of carboxylic acids is 1. The van der Waals surface area contributed by atoms with E-state index in [1.165, 1.54) is 0 Å². The number of fused-ring (bicyclic) bond motifs is 1. The normalized spacial score (nSPS) is 11.5. The van der Waals surface area contributed by atoms with Crippen LogP contribution in [0.2, 0.25) is 0 Å². The van der Waals surface area contributed by atoms with Gasteiger partial charge in [-0.05, 0) is 28.8 Å². The average molecular weight is 457 g/mol. The molecule has 0 aliphatic rings. The van der Waals surface area contributed by atoms with Crippen molar-refractivity contribution in [3.63, 3.8) is 0 Å². The van der Waals surface area contributed by atoms with Gasteiger partial charge in [-0.2, -0.15) is 0 Å². The van der Waals surface area contributed by atoms with E-state index < -0.39 is 24.0 Å². The molecule has 172 valence electrons. The molecule has 0 spiro atoms. The summed E-state index contributed by atoms with van der Waals surface area (Å²) in [4.78, 5) is 39.4. The molecule has 4 rings (SSSR count). The lowest BCUT2D eigenvalue weighted by atomic mass is 10.0. The Hall–Kier alpha value is -4.59. The Morgan fingerprint density at radius 1 is 0.912 bits per heavy atom. The third kappa shape index (κ3) is 5.42. The minimum absolute atomic E-state index is 0.00415. The summed E-state index contributed by atoms with van der Waals surface area (Å²) in [5, 5.41) is 15.1. The molecule has 0 aliphatic heterocycles. The standard InChI is InChI=1S/C26H23N3O5/c30-24(22-14-20-19(12-7-13-21(20)28-22)18-10-5-2-6-11-18)27-15-23(25(31)32)29-26(33)34-16-17-8-3-1-4-9-17/h1-14,23,28H,15-16H2,(H,27,30)(H,29,33)(H,31,32). The van der Waals surface area contributed by atoms with Crippen LogP contribution < -0.4 is 10.6 Å². The van der Waals surface area contributed by atoms with Gasteiger partial charge in [0.2, 0.25) is 0 Å². The van der Waals surface area contributed by atoms with Gasteiger partial charge in [-0.25, -0.2) is 9.59 Å². The van der Waals surface area contributed by atoms with E-state index in [2.05, 4.69) is 15.6 Å². The van der Waals surface area contributed by atoms with Crippen molar-refractivity contribution in [3.8, 4) is 11.1 Å². The maximum atomic E-state index is 12.7. The van der Waals surface area contributed by atoms with Crippen LogP contribution in [0.25, 0.3) is 22.0 Å². The molecule has 8 nitrogen and oxygen atoms in total. The van der Waals surface area contributed by atoms with Gasteiger partial charge in [-0.1, -0.05) is 72.8 Å². The van der Waals surface area contributed by atoms with Crippen LogP contribution in [-0.4, -0.2) is 40.6 Å². The fraction of sp³-hybridized carbons (Fsp3) is 0.115. The monoisotopic (exact) mass is 457 g/mol. The number of aliphatic carboxylic acids is 1. The van der Waals surface area contributed by atoms with Crippen molar-refractivity contribution in [2.75, 3.05) is 6.54 Å². The van der Waals surface area contributed by atoms with Crippen molar-refractivity contribution in [2.24, 2.45) is 0 Å². The van der Waals surface area contributed by atoms with Gasteiger partial charge >= 0.3 is 12.1 Å². The van der Waals surface area contributed by atoms with Crippen LogP contribution in [-0.2, 0) is 16.1 Å². The maximum absolute atomic E-state index is 12.7. The number of aromatic nitrogens is 1. The molecule has 1 aromatic heterocycles. The van der Waals surface area contributed by atoms with Crippen molar-refractivity contribution < 1.29 is 24.2 Å². The van der Waals surface area contributed by atoms with Crippen LogP contribution in [0.1, 0.15) is 16.1 Å².